The molecule has 2 heteroatoms. The van der Waals surface area contributed by atoms with Crippen LogP contribution in [0.4, 0.5) is 0 Å². The minimum absolute atomic E-state index is 0.270. The van der Waals surface area contributed by atoms with Gasteiger partial charge in [-0.15, -0.1) is 0 Å². The Morgan fingerprint density at radius 2 is 1.96 bits per heavy atom. The molecule has 0 bridgehead atoms. The van der Waals surface area contributed by atoms with Crippen molar-refractivity contribution in [2.45, 2.75) is 76.7 Å². The SMILES string of the molecule is CCC[C@@]12CC[C@@]3(C)C[C@@H](OC)CC3=C1CCc1cc(OC)ccc12. The Morgan fingerprint density at radius 1 is 1.12 bits per heavy atom. The van der Waals surface area contributed by atoms with Crippen LogP contribution in [0.1, 0.15) is 69.9 Å². The lowest BCUT2D eigenvalue weighted by molar-refractivity contribution is 0.0944. The molecular weight excluding hydrogens is 308 g/mol. The second-order valence-corrected chi connectivity index (χ2v) is 8.64. The van der Waals surface area contributed by atoms with E-state index >= 15 is 0 Å². The van der Waals surface area contributed by atoms with E-state index in [1.54, 1.807) is 23.8 Å². The van der Waals surface area contributed by atoms with Crippen LogP contribution < -0.4 is 4.74 Å². The molecule has 0 amide bonds. The molecule has 0 radical (unpaired) electrons. The molecule has 0 aromatic heterocycles. The molecule has 0 saturated heterocycles. The highest BCUT2D eigenvalue weighted by molar-refractivity contribution is 5.52. The third-order valence-electron chi connectivity index (χ3n) is 7.37. The first-order valence-corrected chi connectivity index (χ1v) is 9.99. The molecular formula is C23H32O2. The van der Waals surface area contributed by atoms with Crippen LogP contribution in [0, 0.1) is 5.41 Å². The van der Waals surface area contributed by atoms with Gasteiger partial charge in [0.25, 0.3) is 0 Å². The van der Waals surface area contributed by atoms with Crippen molar-refractivity contribution in [3.63, 3.8) is 0 Å². The van der Waals surface area contributed by atoms with Gasteiger partial charge in [0.05, 0.1) is 13.2 Å². The summed E-state index contributed by atoms with van der Waals surface area (Å²) in [6.45, 7) is 4.84. The highest BCUT2D eigenvalue weighted by atomic mass is 16.5. The van der Waals surface area contributed by atoms with Crippen molar-refractivity contribution in [3.8, 4) is 5.75 Å². The van der Waals surface area contributed by atoms with E-state index in [2.05, 4.69) is 32.0 Å². The Hall–Kier alpha value is -1.28. The van der Waals surface area contributed by atoms with Crippen molar-refractivity contribution in [1.29, 1.82) is 0 Å². The molecule has 0 spiro atoms. The maximum atomic E-state index is 5.79. The maximum absolute atomic E-state index is 5.79. The third kappa shape index (κ3) is 2.48. The van der Waals surface area contributed by atoms with Gasteiger partial charge in [0.1, 0.15) is 5.75 Å². The lowest BCUT2D eigenvalue weighted by atomic mass is 9.54. The molecule has 136 valence electrons. The minimum atomic E-state index is 0.270. The number of hydrogen-bond acceptors (Lipinski definition) is 2. The monoisotopic (exact) mass is 340 g/mol. The molecule has 3 aliphatic carbocycles. The van der Waals surface area contributed by atoms with Gasteiger partial charge in [-0.05, 0) is 73.6 Å². The molecule has 1 fully saturated rings. The molecule has 0 N–H and O–H groups in total. The van der Waals surface area contributed by atoms with Gasteiger partial charge >= 0.3 is 0 Å². The molecule has 0 heterocycles. The zero-order chi connectivity index (χ0) is 17.7. The summed E-state index contributed by atoms with van der Waals surface area (Å²) in [6.07, 6.45) is 10.3. The van der Waals surface area contributed by atoms with Crippen LogP contribution in [-0.2, 0) is 16.6 Å². The Balaban J connectivity index is 1.87. The van der Waals surface area contributed by atoms with E-state index < -0.39 is 0 Å². The van der Waals surface area contributed by atoms with Crippen molar-refractivity contribution in [3.05, 3.63) is 40.5 Å². The Bertz CT molecular complexity index is 704. The average molecular weight is 341 g/mol. The second kappa shape index (κ2) is 6.16. The van der Waals surface area contributed by atoms with Crippen LogP contribution in [0.5, 0.6) is 5.75 Å². The molecule has 2 nitrogen and oxygen atoms in total. The minimum Gasteiger partial charge on any atom is -0.497 e. The van der Waals surface area contributed by atoms with Gasteiger partial charge in [0, 0.05) is 12.5 Å². The third-order valence-corrected chi connectivity index (χ3v) is 7.37. The zero-order valence-electron chi connectivity index (χ0n) is 16.3. The summed E-state index contributed by atoms with van der Waals surface area (Å²) in [5, 5.41) is 0. The molecule has 0 unspecified atom stereocenters. The zero-order valence-corrected chi connectivity index (χ0v) is 16.3. The van der Waals surface area contributed by atoms with Crippen molar-refractivity contribution < 1.29 is 9.47 Å². The smallest absolute Gasteiger partial charge is 0.119 e. The molecule has 3 atom stereocenters. The molecule has 1 aromatic carbocycles. The first-order valence-electron chi connectivity index (χ1n) is 9.99. The molecule has 1 saturated carbocycles. The summed E-state index contributed by atoms with van der Waals surface area (Å²) in [5.41, 5.74) is 7.28. The van der Waals surface area contributed by atoms with Gasteiger partial charge in [-0.3, -0.25) is 0 Å². The summed E-state index contributed by atoms with van der Waals surface area (Å²) in [6, 6.07) is 6.83. The Morgan fingerprint density at radius 3 is 2.68 bits per heavy atom. The molecule has 4 rings (SSSR count). The van der Waals surface area contributed by atoms with Crippen molar-refractivity contribution in [1.82, 2.24) is 0 Å². The van der Waals surface area contributed by atoms with Gasteiger partial charge in [-0.25, -0.2) is 0 Å². The summed E-state index contributed by atoms with van der Waals surface area (Å²) in [5.74, 6) is 1.00. The number of rotatable bonds is 4. The van der Waals surface area contributed by atoms with Crippen LogP contribution in [0.3, 0.4) is 0 Å². The van der Waals surface area contributed by atoms with E-state index in [9.17, 15) is 0 Å². The van der Waals surface area contributed by atoms with Crippen LogP contribution >= 0.6 is 0 Å². The van der Waals surface area contributed by atoms with Gasteiger partial charge in [-0.1, -0.05) is 37.5 Å². The first-order chi connectivity index (χ1) is 12.1. The number of ether oxygens (including phenoxy) is 2. The maximum Gasteiger partial charge on any atom is 0.119 e. The lowest BCUT2D eigenvalue weighted by Crippen LogP contribution is -2.40. The summed E-state index contributed by atoms with van der Waals surface area (Å²) in [7, 11) is 3.66. The summed E-state index contributed by atoms with van der Waals surface area (Å²) < 4.78 is 11.3. The van der Waals surface area contributed by atoms with E-state index in [1.165, 1.54) is 44.1 Å². The van der Waals surface area contributed by atoms with Gasteiger partial charge in [0.2, 0.25) is 0 Å². The van der Waals surface area contributed by atoms with Crippen molar-refractivity contribution in [2.24, 2.45) is 5.41 Å². The summed E-state index contributed by atoms with van der Waals surface area (Å²) >= 11 is 0. The fourth-order valence-electron chi connectivity index (χ4n) is 6.16. The number of fused-ring (bicyclic) bond motifs is 4. The van der Waals surface area contributed by atoms with Crippen LogP contribution in [-0.4, -0.2) is 20.3 Å². The number of benzene rings is 1. The largest absolute Gasteiger partial charge is 0.497 e. The van der Waals surface area contributed by atoms with Gasteiger partial charge in [-0.2, -0.15) is 0 Å². The number of hydrogen-bond donors (Lipinski definition) is 0. The fourth-order valence-corrected chi connectivity index (χ4v) is 6.16. The molecule has 1 aromatic rings. The van der Waals surface area contributed by atoms with Crippen LogP contribution in [0.2, 0.25) is 0 Å². The normalized spacial score (nSPS) is 33.7. The predicted octanol–water partition coefficient (Wildman–Crippen LogP) is 5.58. The second-order valence-electron chi connectivity index (χ2n) is 8.64. The Kier molecular flexibility index (Phi) is 4.22. The van der Waals surface area contributed by atoms with Gasteiger partial charge < -0.3 is 9.47 Å². The topological polar surface area (TPSA) is 18.5 Å². The van der Waals surface area contributed by atoms with E-state index in [0.29, 0.717) is 11.5 Å². The standard InChI is InChI=1S/C23H32O2/c1-5-10-23-12-11-22(2)15-18(25-4)14-21(22)20(23)8-6-16-13-17(24-3)7-9-19(16)23/h7,9,13,18H,5-6,8,10-12,14-15H2,1-4H3/t18-,22-,23-/m0/s1. The van der Waals surface area contributed by atoms with E-state index in [4.69, 9.17) is 9.47 Å². The number of allylic oxidation sites excluding steroid dienone is 1. The predicted molar refractivity (Wildman–Crippen MR) is 102 cm³/mol. The fraction of sp³-hybridized carbons (Fsp3) is 0.652. The average Bonchev–Trinajstić information content (AvgIpc) is 2.98. The highest BCUT2D eigenvalue weighted by Crippen LogP contribution is 2.61. The molecule has 0 aliphatic heterocycles. The van der Waals surface area contributed by atoms with E-state index in [0.717, 1.165) is 18.6 Å². The van der Waals surface area contributed by atoms with E-state index in [1.807, 2.05) is 7.11 Å². The Labute approximate surface area is 152 Å². The number of aryl methyl sites for hydroxylation is 1. The number of methoxy groups -OCH3 is 2. The highest BCUT2D eigenvalue weighted by Gasteiger charge is 2.52. The van der Waals surface area contributed by atoms with Crippen LogP contribution in [0.25, 0.3) is 0 Å². The van der Waals surface area contributed by atoms with Crippen molar-refractivity contribution in [2.75, 3.05) is 14.2 Å². The molecule has 3 aliphatic rings. The van der Waals surface area contributed by atoms with Gasteiger partial charge in [0.15, 0.2) is 0 Å². The molecule has 25 heavy (non-hydrogen) atoms. The van der Waals surface area contributed by atoms with Crippen molar-refractivity contribution >= 4 is 0 Å². The first kappa shape index (κ1) is 17.1. The lowest BCUT2D eigenvalue weighted by Gasteiger charge is -2.50. The van der Waals surface area contributed by atoms with E-state index in [-0.39, 0.29) is 5.41 Å². The quantitative estimate of drug-likeness (QED) is 0.666. The summed E-state index contributed by atoms with van der Waals surface area (Å²) in [4.78, 5) is 0. The van der Waals surface area contributed by atoms with Crippen LogP contribution in [0.15, 0.2) is 29.3 Å².